The van der Waals surface area contributed by atoms with E-state index in [2.05, 4.69) is 9.88 Å². The summed E-state index contributed by atoms with van der Waals surface area (Å²) in [6, 6.07) is 11.6. The molecule has 2 aromatic carbocycles. The van der Waals surface area contributed by atoms with Gasteiger partial charge >= 0.3 is 10.2 Å². The summed E-state index contributed by atoms with van der Waals surface area (Å²) in [5.74, 6) is 1.05. The van der Waals surface area contributed by atoms with E-state index in [0.29, 0.717) is 28.3 Å². The number of methoxy groups -OCH3 is 2. The van der Waals surface area contributed by atoms with E-state index in [1.54, 1.807) is 42.5 Å². The quantitative estimate of drug-likeness (QED) is 0.436. The third kappa shape index (κ3) is 4.24. The van der Waals surface area contributed by atoms with E-state index in [1.165, 1.54) is 28.3 Å². The van der Waals surface area contributed by atoms with Gasteiger partial charge in [0.2, 0.25) is 0 Å². The molecule has 9 heteroatoms. The number of hydrogen-bond acceptors (Lipinski definition) is 6. The van der Waals surface area contributed by atoms with Crippen molar-refractivity contribution in [2.24, 2.45) is 5.16 Å². The molecule has 0 spiro atoms. The van der Waals surface area contributed by atoms with E-state index in [9.17, 15) is 13.6 Å². The second-order valence-corrected chi connectivity index (χ2v) is 7.37. The number of nitrogens with zero attached hydrogens (tertiary/aromatic N) is 2. The van der Waals surface area contributed by atoms with Crippen molar-refractivity contribution in [3.8, 4) is 11.5 Å². The molecule has 0 aliphatic carbocycles. The molecule has 0 heterocycles. The highest BCUT2D eigenvalue weighted by atomic mass is 32.2. The first kappa shape index (κ1) is 19.5. The molecule has 0 unspecified atom stereocenters. The van der Waals surface area contributed by atoms with E-state index in [-0.39, 0.29) is 5.71 Å². The molecule has 0 fully saturated rings. The Kier molecular flexibility index (Phi) is 6.06. The van der Waals surface area contributed by atoms with Crippen LogP contribution in [0.4, 0.5) is 5.69 Å². The van der Waals surface area contributed by atoms with Crippen molar-refractivity contribution in [1.29, 1.82) is 0 Å². The lowest BCUT2D eigenvalue weighted by Gasteiger charge is -2.15. The Bertz CT molecular complexity index is 910. The number of oxime groups is 1. The number of hydrogen-bond donors (Lipinski definition) is 2. The van der Waals surface area contributed by atoms with Gasteiger partial charge in [0, 0.05) is 31.3 Å². The molecule has 8 nitrogen and oxygen atoms in total. The Balaban J connectivity index is 2.45. The molecule has 2 rings (SSSR count). The minimum atomic E-state index is -3.65. The Hall–Kier alpha value is -2.78. The Labute approximate surface area is 152 Å². The van der Waals surface area contributed by atoms with Gasteiger partial charge < -0.3 is 14.7 Å². The van der Waals surface area contributed by atoms with Crippen LogP contribution in [-0.2, 0) is 10.2 Å². The highest BCUT2D eigenvalue weighted by Gasteiger charge is 2.17. The molecule has 26 heavy (non-hydrogen) atoms. The zero-order chi connectivity index (χ0) is 19.3. The molecule has 140 valence electrons. The minimum absolute atomic E-state index is 0.232. The topological polar surface area (TPSA) is 100 Å². The van der Waals surface area contributed by atoms with Crippen LogP contribution in [0.15, 0.2) is 47.6 Å². The molecule has 0 aromatic heterocycles. The van der Waals surface area contributed by atoms with Gasteiger partial charge in [0.05, 0.1) is 19.9 Å². The van der Waals surface area contributed by atoms with Crippen LogP contribution in [0.5, 0.6) is 11.5 Å². The maximum absolute atomic E-state index is 12.0. The largest absolute Gasteiger partial charge is 0.497 e. The molecule has 2 aromatic rings. The highest BCUT2D eigenvalue weighted by molar-refractivity contribution is 7.90. The maximum atomic E-state index is 12.0. The van der Waals surface area contributed by atoms with Crippen LogP contribution in [0.2, 0.25) is 0 Å². The van der Waals surface area contributed by atoms with Crippen LogP contribution < -0.4 is 14.2 Å². The SMILES string of the molecule is COc1ccc(/C(=N/O)c2cccc(NS(=O)(=O)N(C)C)c2)c(OC)c1. The molecule has 2 N–H and O–H groups in total. The van der Waals surface area contributed by atoms with Gasteiger partial charge in [-0.15, -0.1) is 0 Å². The van der Waals surface area contributed by atoms with Crippen molar-refractivity contribution in [2.45, 2.75) is 0 Å². The molecule has 0 aliphatic rings. The van der Waals surface area contributed by atoms with E-state index in [4.69, 9.17) is 9.47 Å². The standard InChI is InChI=1S/C17H21N3O5S/c1-20(2)26(22,23)19-13-7-5-6-12(10-13)17(18-21)15-9-8-14(24-3)11-16(15)25-4/h5-11,19,21H,1-4H3/b18-17+. The lowest BCUT2D eigenvalue weighted by molar-refractivity contribution is 0.319. The number of nitrogens with one attached hydrogen (secondary N) is 1. The predicted molar refractivity (Wildman–Crippen MR) is 99.6 cm³/mol. The Morgan fingerprint density at radius 2 is 1.85 bits per heavy atom. The van der Waals surface area contributed by atoms with Crippen molar-refractivity contribution < 1.29 is 23.1 Å². The van der Waals surface area contributed by atoms with E-state index in [0.717, 1.165) is 4.31 Å². The summed E-state index contributed by atoms with van der Waals surface area (Å²) >= 11 is 0. The van der Waals surface area contributed by atoms with Crippen LogP contribution in [0, 0.1) is 0 Å². The van der Waals surface area contributed by atoms with Gasteiger partial charge in [0.15, 0.2) is 0 Å². The van der Waals surface area contributed by atoms with Gasteiger partial charge in [0.25, 0.3) is 0 Å². The monoisotopic (exact) mass is 379 g/mol. The molecule has 0 saturated heterocycles. The number of rotatable bonds is 7. The molecule has 0 amide bonds. The van der Waals surface area contributed by atoms with Gasteiger partial charge in [-0.25, -0.2) is 0 Å². The van der Waals surface area contributed by atoms with Crippen molar-refractivity contribution in [3.63, 3.8) is 0 Å². The molecule has 0 bridgehead atoms. The van der Waals surface area contributed by atoms with E-state index in [1.807, 2.05) is 0 Å². The Morgan fingerprint density at radius 3 is 2.42 bits per heavy atom. The van der Waals surface area contributed by atoms with Gasteiger partial charge in [-0.1, -0.05) is 17.3 Å². The van der Waals surface area contributed by atoms with E-state index >= 15 is 0 Å². The summed E-state index contributed by atoms with van der Waals surface area (Å²) in [4.78, 5) is 0. The van der Waals surface area contributed by atoms with Crippen molar-refractivity contribution in [2.75, 3.05) is 33.0 Å². The third-order valence-electron chi connectivity index (χ3n) is 3.63. The van der Waals surface area contributed by atoms with Gasteiger partial charge in [-0.05, 0) is 24.3 Å². The summed E-state index contributed by atoms with van der Waals surface area (Å²) in [5.41, 5.74) is 1.61. The van der Waals surface area contributed by atoms with E-state index < -0.39 is 10.2 Å². The van der Waals surface area contributed by atoms with Crippen LogP contribution in [-0.4, -0.2) is 52.0 Å². The lowest BCUT2D eigenvalue weighted by Crippen LogP contribution is -2.29. The normalized spacial score (nSPS) is 12.1. The van der Waals surface area contributed by atoms with Gasteiger partial charge in [-0.3, -0.25) is 4.72 Å². The number of benzene rings is 2. The van der Waals surface area contributed by atoms with Crippen LogP contribution in [0.3, 0.4) is 0 Å². The predicted octanol–water partition coefficient (Wildman–Crippen LogP) is 2.15. The Morgan fingerprint density at radius 1 is 1.12 bits per heavy atom. The molecule has 0 aliphatic heterocycles. The van der Waals surface area contributed by atoms with Gasteiger partial charge in [0.1, 0.15) is 17.2 Å². The lowest BCUT2D eigenvalue weighted by atomic mass is 10.0. The second kappa shape index (κ2) is 8.07. The second-order valence-electron chi connectivity index (χ2n) is 5.49. The first-order valence-electron chi connectivity index (χ1n) is 7.57. The summed E-state index contributed by atoms with van der Waals surface area (Å²) in [6.45, 7) is 0. The summed E-state index contributed by atoms with van der Waals surface area (Å²) in [5, 5.41) is 12.9. The van der Waals surface area contributed by atoms with Crippen LogP contribution >= 0.6 is 0 Å². The fourth-order valence-corrected chi connectivity index (χ4v) is 2.84. The number of ether oxygens (including phenoxy) is 2. The van der Waals surface area contributed by atoms with Gasteiger partial charge in [-0.2, -0.15) is 12.7 Å². The molecule has 0 radical (unpaired) electrons. The molecule has 0 atom stereocenters. The maximum Gasteiger partial charge on any atom is 0.301 e. The third-order valence-corrected chi connectivity index (χ3v) is 5.08. The fraction of sp³-hybridized carbons (Fsp3) is 0.235. The van der Waals surface area contributed by atoms with Crippen molar-refractivity contribution in [3.05, 3.63) is 53.6 Å². The number of anilines is 1. The van der Waals surface area contributed by atoms with Crippen LogP contribution in [0.1, 0.15) is 11.1 Å². The fourth-order valence-electron chi connectivity index (χ4n) is 2.23. The molecular formula is C17H21N3O5S. The molecule has 0 saturated carbocycles. The highest BCUT2D eigenvalue weighted by Crippen LogP contribution is 2.28. The average Bonchev–Trinajstić information content (AvgIpc) is 2.62. The minimum Gasteiger partial charge on any atom is -0.497 e. The first-order chi connectivity index (χ1) is 12.3. The zero-order valence-electron chi connectivity index (χ0n) is 14.9. The average molecular weight is 379 g/mol. The first-order valence-corrected chi connectivity index (χ1v) is 9.01. The summed E-state index contributed by atoms with van der Waals surface area (Å²) in [6.07, 6.45) is 0. The summed E-state index contributed by atoms with van der Waals surface area (Å²) in [7, 11) is 2.24. The zero-order valence-corrected chi connectivity index (χ0v) is 15.7. The van der Waals surface area contributed by atoms with Crippen molar-refractivity contribution in [1.82, 2.24) is 4.31 Å². The summed E-state index contributed by atoms with van der Waals surface area (Å²) < 4.78 is 38.0. The van der Waals surface area contributed by atoms with Crippen molar-refractivity contribution >= 4 is 21.6 Å². The molecular weight excluding hydrogens is 358 g/mol. The van der Waals surface area contributed by atoms with Crippen LogP contribution in [0.25, 0.3) is 0 Å². The smallest absolute Gasteiger partial charge is 0.301 e.